The van der Waals surface area contributed by atoms with Gasteiger partial charge >= 0.3 is 0 Å². The molecule has 0 amide bonds. The number of anilines is 1. The van der Waals surface area contributed by atoms with Crippen molar-refractivity contribution in [3.05, 3.63) is 42.7 Å². The average Bonchev–Trinajstić information content (AvgIpc) is 2.92. The van der Waals surface area contributed by atoms with Gasteiger partial charge in [-0.3, -0.25) is 0 Å². The Hall–Kier alpha value is -2.40. The molecule has 0 saturated carbocycles. The quantitative estimate of drug-likeness (QED) is 0.787. The molecule has 2 aromatic heterocycles. The summed E-state index contributed by atoms with van der Waals surface area (Å²) >= 11 is 0. The molecule has 0 saturated heterocycles. The van der Waals surface area contributed by atoms with Crippen molar-refractivity contribution in [2.24, 2.45) is 0 Å². The monoisotopic (exact) mass is 269 g/mol. The largest absolute Gasteiger partial charge is 0.464 e. The molecule has 3 aromatic rings. The van der Waals surface area contributed by atoms with Crippen LogP contribution in [0.25, 0.3) is 22.2 Å². The van der Waals surface area contributed by atoms with Crippen molar-refractivity contribution < 1.29 is 9.52 Å². The van der Waals surface area contributed by atoms with Gasteiger partial charge in [-0.2, -0.15) is 0 Å². The molecule has 102 valence electrons. The maximum atomic E-state index is 8.92. The smallest absolute Gasteiger partial charge is 0.151 e. The van der Waals surface area contributed by atoms with Crippen molar-refractivity contribution in [3.63, 3.8) is 0 Å². The number of rotatable bonds is 4. The molecule has 0 fully saturated rings. The predicted molar refractivity (Wildman–Crippen MR) is 77.6 cm³/mol. The molecule has 0 aliphatic rings. The highest BCUT2D eigenvalue weighted by atomic mass is 16.3. The number of benzene rings is 1. The fraction of sp³-hybridized carbons (Fsp3) is 0.200. The standard InChI is InChI=1S/C15H15N3O2/c1-18(8-9-19)15-7-6-13(16-17-15)12-10-20-14-5-3-2-4-11(12)14/h2-7,10,19H,8-9H2,1H3. The Morgan fingerprint density at radius 3 is 2.75 bits per heavy atom. The molecule has 1 aromatic carbocycles. The molecule has 0 spiro atoms. The van der Waals surface area contributed by atoms with Crippen LogP contribution in [-0.4, -0.2) is 35.5 Å². The fourth-order valence-electron chi connectivity index (χ4n) is 2.11. The Labute approximate surface area is 116 Å². The first-order chi connectivity index (χ1) is 9.79. The Balaban J connectivity index is 1.95. The van der Waals surface area contributed by atoms with Gasteiger partial charge in [0, 0.05) is 24.5 Å². The first-order valence-electron chi connectivity index (χ1n) is 6.42. The molecule has 5 nitrogen and oxygen atoms in total. The van der Waals surface area contributed by atoms with E-state index in [1.54, 1.807) is 6.26 Å². The summed E-state index contributed by atoms with van der Waals surface area (Å²) in [5.74, 6) is 0.732. The first-order valence-corrected chi connectivity index (χ1v) is 6.42. The van der Waals surface area contributed by atoms with Crippen molar-refractivity contribution in [1.29, 1.82) is 0 Å². The van der Waals surface area contributed by atoms with Crippen LogP contribution in [0.15, 0.2) is 47.1 Å². The second kappa shape index (κ2) is 5.30. The van der Waals surface area contributed by atoms with E-state index in [0.29, 0.717) is 6.54 Å². The Morgan fingerprint density at radius 1 is 1.15 bits per heavy atom. The minimum Gasteiger partial charge on any atom is -0.464 e. The van der Waals surface area contributed by atoms with Gasteiger partial charge in [0.15, 0.2) is 5.82 Å². The third kappa shape index (κ3) is 2.23. The van der Waals surface area contributed by atoms with Gasteiger partial charge in [0.2, 0.25) is 0 Å². The zero-order chi connectivity index (χ0) is 13.9. The maximum absolute atomic E-state index is 8.92. The Kier molecular flexibility index (Phi) is 3.35. The van der Waals surface area contributed by atoms with E-state index < -0.39 is 0 Å². The molecule has 0 aliphatic heterocycles. The normalized spacial score (nSPS) is 10.9. The van der Waals surface area contributed by atoms with E-state index in [2.05, 4.69) is 10.2 Å². The maximum Gasteiger partial charge on any atom is 0.151 e. The number of aliphatic hydroxyl groups is 1. The van der Waals surface area contributed by atoms with Gasteiger partial charge in [-0.15, -0.1) is 10.2 Å². The van der Waals surface area contributed by atoms with Gasteiger partial charge in [-0.25, -0.2) is 0 Å². The summed E-state index contributed by atoms with van der Waals surface area (Å²) in [4.78, 5) is 1.85. The lowest BCUT2D eigenvalue weighted by Gasteiger charge is -2.15. The van der Waals surface area contributed by atoms with Crippen LogP contribution in [0.4, 0.5) is 5.82 Å². The lowest BCUT2D eigenvalue weighted by atomic mass is 10.1. The van der Waals surface area contributed by atoms with Gasteiger partial charge in [0.25, 0.3) is 0 Å². The Morgan fingerprint density at radius 2 is 2.00 bits per heavy atom. The summed E-state index contributed by atoms with van der Waals surface area (Å²) in [6.07, 6.45) is 1.70. The summed E-state index contributed by atoms with van der Waals surface area (Å²) in [6, 6.07) is 11.6. The number of fused-ring (bicyclic) bond motifs is 1. The molecule has 0 bridgehead atoms. The van der Waals surface area contributed by atoms with E-state index >= 15 is 0 Å². The average molecular weight is 269 g/mol. The number of hydrogen-bond acceptors (Lipinski definition) is 5. The van der Waals surface area contributed by atoms with E-state index in [1.807, 2.05) is 48.3 Å². The van der Waals surface area contributed by atoms with Crippen molar-refractivity contribution in [2.45, 2.75) is 0 Å². The molecule has 3 rings (SSSR count). The van der Waals surface area contributed by atoms with E-state index in [-0.39, 0.29) is 6.61 Å². The van der Waals surface area contributed by atoms with Crippen molar-refractivity contribution >= 4 is 16.8 Å². The number of hydrogen-bond donors (Lipinski definition) is 1. The van der Waals surface area contributed by atoms with Crippen LogP contribution in [0.2, 0.25) is 0 Å². The zero-order valence-electron chi connectivity index (χ0n) is 11.2. The third-order valence-corrected chi connectivity index (χ3v) is 3.23. The van der Waals surface area contributed by atoms with Gasteiger partial charge < -0.3 is 14.4 Å². The number of aliphatic hydroxyl groups excluding tert-OH is 1. The minimum absolute atomic E-state index is 0.0896. The topological polar surface area (TPSA) is 62.4 Å². The van der Waals surface area contributed by atoms with Crippen LogP contribution in [0.3, 0.4) is 0 Å². The van der Waals surface area contributed by atoms with Crippen LogP contribution in [-0.2, 0) is 0 Å². The lowest BCUT2D eigenvalue weighted by Crippen LogP contribution is -2.22. The summed E-state index contributed by atoms with van der Waals surface area (Å²) in [6.45, 7) is 0.620. The molecule has 20 heavy (non-hydrogen) atoms. The number of nitrogens with zero attached hydrogens (tertiary/aromatic N) is 3. The van der Waals surface area contributed by atoms with Crippen molar-refractivity contribution in [2.75, 3.05) is 25.1 Å². The number of para-hydroxylation sites is 1. The molecular formula is C15H15N3O2. The summed E-state index contributed by atoms with van der Waals surface area (Å²) in [5, 5.41) is 18.4. The van der Waals surface area contributed by atoms with Crippen molar-refractivity contribution in [3.8, 4) is 11.3 Å². The summed E-state index contributed by atoms with van der Waals surface area (Å²) < 4.78 is 5.51. The van der Waals surface area contributed by atoms with Crippen LogP contribution in [0.1, 0.15) is 0 Å². The summed E-state index contributed by atoms with van der Waals surface area (Å²) in [5.41, 5.74) is 2.55. The molecule has 0 unspecified atom stereocenters. The second-order valence-corrected chi connectivity index (χ2v) is 4.57. The van der Waals surface area contributed by atoms with Gasteiger partial charge in [0.05, 0.1) is 12.3 Å². The van der Waals surface area contributed by atoms with Crippen LogP contribution < -0.4 is 4.90 Å². The molecule has 0 atom stereocenters. The van der Waals surface area contributed by atoms with Crippen LogP contribution >= 0.6 is 0 Å². The Bertz CT molecular complexity index is 706. The number of likely N-dealkylation sites (N-methyl/N-ethyl adjacent to an activating group) is 1. The lowest BCUT2D eigenvalue weighted by molar-refractivity contribution is 0.303. The highest BCUT2D eigenvalue weighted by Crippen LogP contribution is 2.29. The van der Waals surface area contributed by atoms with Gasteiger partial charge in [-0.05, 0) is 18.2 Å². The molecule has 0 radical (unpaired) electrons. The van der Waals surface area contributed by atoms with Gasteiger partial charge in [0.1, 0.15) is 11.8 Å². The highest BCUT2D eigenvalue weighted by molar-refractivity contribution is 5.92. The molecule has 1 N–H and O–H groups in total. The SMILES string of the molecule is CN(CCO)c1ccc(-c2coc3ccccc23)nn1. The molecular weight excluding hydrogens is 254 g/mol. The van der Waals surface area contributed by atoms with Crippen LogP contribution in [0.5, 0.6) is 0 Å². The zero-order valence-corrected chi connectivity index (χ0v) is 11.2. The number of furan rings is 1. The highest BCUT2D eigenvalue weighted by Gasteiger charge is 2.10. The van der Waals surface area contributed by atoms with E-state index in [9.17, 15) is 0 Å². The molecule has 5 heteroatoms. The van der Waals surface area contributed by atoms with E-state index in [1.165, 1.54) is 0 Å². The molecule has 0 aliphatic carbocycles. The van der Waals surface area contributed by atoms with E-state index in [0.717, 1.165) is 28.0 Å². The number of aromatic nitrogens is 2. The first kappa shape index (κ1) is 12.6. The van der Waals surface area contributed by atoms with Gasteiger partial charge in [-0.1, -0.05) is 18.2 Å². The van der Waals surface area contributed by atoms with Crippen molar-refractivity contribution in [1.82, 2.24) is 10.2 Å². The third-order valence-electron chi connectivity index (χ3n) is 3.23. The van der Waals surface area contributed by atoms with E-state index in [4.69, 9.17) is 9.52 Å². The second-order valence-electron chi connectivity index (χ2n) is 4.57. The predicted octanol–water partition coefficient (Wildman–Crippen LogP) is 2.32. The molecule has 2 heterocycles. The summed E-state index contributed by atoms with van der Waals surface area (Å²) in [7, 11) is 1.87. The van der Waals surface area contributed by atoms with Crippen LogP contribution in [0, 0.1) is 0 Å². The fourth-order valence-corrected chi connectivity index (χ4v) is 2.11. The minimum atomic E-state index is 0.0896.